The van der Waals surface area contributed by atoms with E-state index in [0.717, 1.165) is 18.4 Å². The van der Waals surface area contributed by atoms with E-state index in [4.69, 9.17) is 0 Å². The molecule has 0 unspecified atom stereocenters. The third-order valence-electron chi connectivity index (χ3n) is 4.75. The van der Waals surface area contributed by atoms with E-state index in [0.29, 0.717) is 31.5 Å². The highest BCUT2D eigenvalue weighted by molar-refractivity contribution is 5.81. The number of alkyl halides is 2. The molecule has 0 radical (unpaired) electrons. The van der Waals surface area contributed by atoms with Crippen LogP contribution in [0.5, 0.6) is 5.75 Å². The van der Waals surface area contributed by atoms with Gasteiger partial charge < -0.3 is 20.3 Å². The van der Waals surface area contributed by atoms with Crippen molar-refractivity contribution >= 4 is 11.9 Å². The summed E-state index contributed by atoms with van der Waals surface area (Å²) in [6.45, 7) is -1.79. The van der Waals surface area contributed by atoms with Crippen LogP contribution in [0.15, 0.2) is 29.3 Å². The van der Waals surface area contributed by atoms with Gasteiger partial charge in [-0.3, -0.25) is 9.79 Å². The van der Waals surface area contributed by atoms with Crippen molar-refractivity contribution in [1.82, 2.24) is 15.5 Å². The second-order valence-corrected chi connectivity index (χ2v) is 7.00. The predicted octanol–water partition coefficient (Wildman–Crippen LogP) is 3.13. The van der Waals surface area contributed by atoms with Gasteiger partial charge in [-0.25, -0.2) is 0 Å². The molecule has 8 heteroatoms. The van der Waals surface area contributed by atoms with E-state index in [2.05, 4.69) is 20.4 Å². The lowest BCUT2D eigenvalue weighted by atomic mass is 9.95. The summed E-state index contributed by atoms with van der Waals surface area (Å²) in [5, 5.41) is 6.29. The zero-order chi connectivity index (χ0) is 20.4. The molecule has 0 heterocycles. The molecule has 0 atom stereocenters. The average Bonchev–Trinajstić information content (AvgIpc) is 2.67. The van der Waals surface area contributed by atoms with Gasteiger partial charge in [0, 0.05) is 39.6 Å². The SMILES string of the molecule is CN=C(NCCC(=O)NC1CCCCC1)N(C)Cc1ccc(OC(F)F)cc1. The molecule has 1 aliphatic carbocycles. The first kappa shape index (κ1) is 21.9. The van der Waals surface area contributed by atoms with Crippen LogP contribution in [-0.4, -0.2) is 50.1 Å². The highest BCUT2D eigenvalue weighted by Gasteiger charge is 2.15. The molecule has 2 N–H and O–H groups in total. The Kier molecular flexibility index (Phi) is 8.97. The van der Waals surface area contributed by atoms with E-state index in [1.54, 1.807) is 19.2 Å². The minimum atomic E-state index is -2.83. The van der Waals surface area contributed by atoms with E-state index in [-0.39, 0.29) is 11.7 Å². The third-order valence-corrected chi connectivity index (χ3v) is 4.75. The molecule has 1 amide bonds. The number of guanidine groups is 1. The van der Waals surface area contributed by atoms with Gasteiger partial charge >= 0.3 is 6.61 Å². The molecule has 2 rings (SSSR count). The van der Waals surface area contributed by atoms with Crippen molar-refractivity contribution in [3.8, 4) is 5.75 Å². The largest absolute Gasteiger partial charge is 0.435 e. The van der Waals surface area contributed by atoms with Crippen molar-refractivity contribution in [2.24, 2.45) is 4.99 Å². The number of hydrogen-bond donors (Lipinski definition) is 2. The number of nitrogens with zero attached hydrogens (tertiary/aromatic N) is 2. The van der Waals surface area contributed by atoms with Crippen LogP contribution in [0.1, 0.15) is 44.1 Å². The molecular weight excluding hydrogens is 366 g/mol. The molecule has 1 aromatic carbocycles. The van der Waals surface area contributed by atoms with E-state index in [1.165, 1.54) is 31.4 Å². The number of halogens is 2. The standard InChI is InChI=1S/C20H30F2N4O2/c1-23-20(24-13-12-18(27)25-16-6-4-3-5-7-16)26(2)14-15-8-10-17(11-9-15)28-19(21)22/h8-11,16,19H,3-7,12-14H2,1-2H3,(H,23,24)(H,25,27). The Morgan fingerprint density at radius 2 is 1.93 bits per heavy atom. The summed E-state index contributed by atoms with van der Waals surface area (Å²) in [5.74, 6) is 0.860. The van der Waals surface area contributed by atoms with Crippen LogP contribution in [0.3, 0.4) is 0 Å². The molecule has 0 bridgehead atoms. The summed E-state index contributed by atoms with van der Waals surface area (Å²) < 4.78 is 28.8. The Labute approximate surface area is 165 Å². The fourth-order valence-electron chi connectivity index (χ4n) is 3.34. The maximum Gasteiger partial charge on any atom is 0.387 e. The number of benzene rings is 1. The summed E-state index contributed by atoms with van der Waals surface area (Å²) in [6.07, 6.45) is 6.18. The van der Waals surface area contributed by atoms with Crippen molar-refractivity contribution in [2.45, 2.75) is 57.7 Å². The van der Waals surface area contributed by atoms with Gasteiger partial charge in [-0.15, -0.1) is 0 Å². The number of hydrogen-bond acceptors (Lipinski definition) is 3. The monoisotopic (exact) mass is 396 g/mol. The number of rotatable bonds is 8. The lowest BCUT2D eigenvalue weighted by molar-refractivity contribution is -0.121. The first-order chi connectivity index (χ1) is 13.5. The smallest absolute Gasteiger partial charge is 0.387 e. The molecular formula is C20H30F2N4O2. The van der Waals surface area contributed by atoms with Gasteiger partial charge in [0.25, 0.3) is 0 Å². The second kappa shape index (κ2) is 11.5. The molecule has 1 aromatic rings. The van der Waals surface area contributed by atoms with Crippen molar-refractivity contribution in [3.63, 3.8) is 0 Å². The van der Waals surface area contributed by atoms with E-state index >= 15 is 0 Å². The van der Waals surface area contributed by atoms with Crippen molar-refractivity contribution in [3.05, 3.63) is 29.8 Å². The normalized spacial score (nSPS) is 15.4. The fourth-order valence-corrected chi connectivity index (χ4v) is 3.34. The number of amides is 1. The topological polar surface area (TPSA) is 66.0 Å². The van der Waals surface area contributed by atoms with Crippen LogP contribution in [0, 0.1) is 0 Å². The molecule has 0 saturated heterocycles. The van der Waals surface area contributed by atoms with Crippen LogP contribution in [0.25, 0.3) is 0 Å². The summed E-state index contributed by atoms with van der Waals surface area (Å²) in [5.41, 5.74) is 0.933. The summed E-state index contributed by atoms with van der Waals surface area (Å²) in [6, 6.07) is 6.82. The lowest BCUT2D eigenvalue weighted by Crippen LogP contribution is -2.41. The Morgan fingerprint density at radius 1 is 1.25 bits per heavy atom. The van der Waals surface area contributed by atoms with Gasteiger partial charge in [0.2, 0.25) is 5.91 Å². The van der Waals surface area contributed by atoms with Crippen molar-refractivity contribution < 1.29 is 18.3 Å². The molecule has 1 aliphatic rings. The van der Waals surface area contributed by atoms with Crippen molar-refractivity contribution in [2.75, 3.05) is 20.6 Å². The minimum Gasteiger partial charge on any atom is -0.435 e. The summed E-state index contributed by atoms with van der Waals surface area (Å²) in [7, 11) is 3.56. The zero-order valence-corrected chi connectivity index (χ0v) is 16.6. The fraction of sp³-hybridized carbons (Fsp3) is 0.600. The Hall–Kier alpha value is -2.38. The molecule has 6 nitrogen and oxygen atoms in total. The Balaban J connectivity index is 1.73. The Bertz CT molecular complexity index is 632. The summed E-state index contributed by atoms with van der Waals surface area (Å²) >= 11 is 0. The molecule has 0 aliphatic heterocycles. The van der Waals surface area contributed by atoms with Crippen LogP contribution < -0.4 is 15.4 Å². The number of aliphatic imine (C=N–C) groups is 1. The van der Waals surface area contributed by atoms with Crippen LogP contribution in [-0.2, 0) is 11.3 Å². The van der Waals surface area contributed by atoms with Gasteiger partial charge in [0.05, 0.1) is 0 Å². The zero-order valence-electron chi connectivity index (χ0n) is 16.6. The van der Waals surface area contributed by atoms with E-state index in [1.807, 2.05) is 11.9 Å². The predicted molar refractivity (Wildman–Crippen MR) is 106 cm³/mol. The molecule has 1 fully saturated rings. The third kappa shape index (κ3) is 7.70. The van der Waals surface area contributed by atoms with Crippen molar-refractivity contribution in [1.29, 1.82) is 0 Å². The summed E-state index contributed by atoms with van der Waals surface area (Å²) in [4.78, 5) is 18.2. The minimum absolute atomic E-state index is 0.0622. The highest BCUT2D eigenvalue weighted by Crippen LogP contribution is 2.17. The van der Waals surface area contributed by atoms with Gasteiger partial charge in [0.1, 0.15) is 5.75 Å². The van der Waals surface area contributed by atoms with Crippen LogP contribution in [0.4, 0.5) is 8.78 Å². The lowest BCUT2D eigenvalue weighted by Gasteiger charge is -2.24. The highest BCUT2D eigenvalue weighted by atomic mass is 19.3. The maximum absolute atomic E-state index is 12.2. The maximum atomic E-state index is 12.2. The number of carbonyl (C=O) groups excluding carboxylic acids is 1. The molecule has 0 aromatic heterocycles. The van der Waals surface area contributed by atoms with Gasteiger partial charge in [-0.1, -0.05) is 31.4 Å². The molecule has 28 heavy (non-hydrogen) atoms. The second-order valence-electron chi connectivity index (χ2n) is 7.00. The van der Waals surface area contributed by atoms with E-state index < -0.39 is 6.61 Å². The number of carbonyl (C=O) groups is 1. The van der Waals surface area contributed by atoms with Gasteiger partial charge in [0.15, 0.2) is 5.96 Å². The quantitative estimate of drug-likeness (QED) is 0.523. The molecule has 1 saturated carbocycles. The number of nitrogens with one attached hydrogen (secondary N) is 2. The average molecular weight is 396 g/mol. The van der Waals surface area contributed by atoms with E-state index in [9.17, 15) is 13.6 Å². The van der Waals surface area contributed by atoms with Gasteiger partial charge in [-0.05, 0) is 30.5 Å². The van der Waals surface area contributed by atoms with Crippen LogP contribution in [0.2, 0.25) is 0 Å². The Morgan fingerprint density at radius 3 is 2.54 bits per heavy atom. The van der Waals surface area contributed by atoms with Gasteiger partial charge in [-0.2, -0.15) is 8.78 Å². The molecule has 156 valence electrons. The molecule has 0 spiro atoms. The first-order valence-corrected chi connectivity index (χ1v) is 9.73. The first-order valence-electron chi connectivity index (χ1n) is 9.73. The number of ether oxygens (including phenoxy) is 1. The van der Waals surface area contributed by atoms with Crippen LogP contribution >= 0.6 is 0 Å².